The predicted octanol–water partition coefficient (Wildman–Crippen LogP) is 4.68. The molecule has 114 valence electrons. The van der Waals surface area contributed by atoms with E-state index in [1.165, 1.54) is 12.8 Å². The molecule has 2 fully saturated rings. The third-order valence-corrected chi connectivity index (χ3v) is 7.07. The number of halogens is 1. The number of thiocarbonyl (C=S) groups is 1. The second kappa shape index (κ2) is 4.95. The van der Waals surface area contributed by atoms with E-state index in [1.807, 2.05) is 18.2 Å². The Kier molecular flexibility index (Phi) is 3.61. The summed E-state index contributed by atoms with van der Waals surface area (Å²) < 4.78 is 7.33. The van der Waals surface area contributed by atoms with Crippen LogP contribution in [-0.4, -0.2) is 11.1 Å². The molecule has 2 saturated carbocycles. The minimum atomic E-state index is 0.230. The topological polar surface area (TPSA) is 35.2 Å². The van der Waals surface area contributed by atoms with Gasteiger partial charge < -0.3 is 10.5 Å². The van der Waals surface area contributed by atoms with Gasteiger partial charge in [0.2, 0.25) is 0 Å². The fourth-order valence-corrected chi connectivity index (χ4v) is 5.21. The summed E-state index contributed by atoms with van der Waals surface area (Å²) in [5.74, 6) is 1.57. The van der Waals surface area contributed by atoms with Crippen LogP contribution in [0, 0.1) is 16.7 Å². The largest absolute Gasteiger partial charge is 0.489 e. The van der Waals surface area contributed by atoms with Gasteiger partial charge in [-0.15, -0.1) is 0 Å². The van der Waals surface area contributed by atoms with Crippen LogP contribution in [0.1, 0.15) is 45.6 Å². The van der Waals surface area contributed by atoms with Crippen LogP contribution in [-0.2, 0) is 0 Å². The van der Waals surface area contributed by atoms with Gasteiger partial charge in [-0.25, -0.2) is 0 Å². The number of ether oxygens (including phenoxy) is 1. The maximum atomic E-state index is 6.42. The summed E-state index contributed by atoms with van der Waals surface area (Å²) in [5, 5.41) is 0. The lowest BCUT2D eigenvalue weighted by atomic mass is 9.70. The molecule has 0 spiro atoms. The molecule has 0 aliphatic heterocycles. The van der Waals surface area contributed by atoms with Crippen LogP contribution in [0.15, 0.2) is 22.7 Å². The summed E-state index contributed by atoms with van der Waals surface area (Å²) in [7, 11) is 0. The molecule has 3 rings (SSSR count). The molecule has 4 heteroatoms. The molecule has 21 heavy (non-hydrogen) atoms. The molecule has 3 unspecified atom stereocenters. The van der Waals surface area contributed by atoms with Crippen LogP contribution in [0.2, 0.25) is 0 Å². The van der Waals surface area contributed by atoms with Crippen LogP contribution in [0.25, 0.3) is 0 Å². The molecule has 2 nitrogen and oxygen atoms in total. The van der Waals surface area contributed by atoms with Gasteiger partial charge in [-0.05, 0) is 58.7 Å². The highest BCUT2D eigenvalue weighted by molar-refractivity contribution is 9.10. The van der Waals surface area contributed by atoms with Crippen LogP contribution in [0.3, 0.4) is 0 Å². The van der Waals surface area contributed by atoms with E-state index in [-0.39, 0.29) is 11.5 Å². The van der Waals surface area contributed by atoms with Crippen LogP contribution in [0.5, 0.6) is 5.75 Å². The summed E-state index contributed by atoms with van der Waals surface area (Å²) in [6.45, 7) is 7.16. The molecule has 0 radical (unpaired) electrons. The first-order valence-corrected chi connectivity index (χ1v) is 8.72. The van der Waals surface area contributed by atoms with Gasteiger partial charge in [0, 0.05) is 9.89 Å². The Morgan fingerprint density at radius 1 is 1.38 bits per heavy atom. The maximum Gasteiger partial charge on any atom is 0.131 e. The minimum Gasteiger partial charge on any atom is -0.489 e. The van der Waals surface area contributed by atoms with E-state index >= 15 is 0 Å². The van der Waals surface area contributed by atoms with Gasteiger partial charge in [-0.2, -0.15) is 0 Å². The molecule has 2 aliphatic rings. The molecule has 3 atom stereocenters. The average Bonchev–Trinajstić information content (AvgIpc) is 2.71. The standard InChI is InChI=1S/C17H22BrNOS/c1-16(2)10-7-8-17(16,3)13(9-10)20-12-6-4-5-11(18)14(12)15(19)21/h4-6,10,13H,7-9H2,1-3H3,(H2,19,21). The van der Waals surface area contributed by atoms with Gasteiger partial charge in [0.05, 0.1) is 5.56 Å². The van der Waals surface area contributed by atoms with Crippen molar-refractivity contribution in [3.8, 4) is 5.75 Å². The van der Waals surface area contributed by atoms with Crippen LogP contribution >= 0.6 is 28.1 Å². The van der Waals surface area contributed by atoms with Crippen molar-refractivity contribution in [3.05, 3.63) is 28.2 Å². The highest BCUT2D eigenvalue weighted by Crippen LogP contribution is 2.66. The number of nitrogens with two attached hydrogens (primary N) is 1. The van der Waals surface area contributed by atoms with Crippen LogP contribution in [0.4, 0.5) is 0 Å². The quantitative estimate of drug-likeness (QED) is 0.787. The molecule has 2 bridgehead atoms. The van der Waals surface area contributed by atoms with Crippen molar-refractivity contribution in [2.45, 2.75) is 46.1 Å². The Morgan fingerprint density at radius 2 is 2.10 bits per heavy atom. The van der Waals surface area contributed by atoms with E-state index < -0.39 is 0 Å². The molecular formula is C17H22BrNOS. The lowest BCUT2D eigenvalue weighted by Gasteiger charge is -2.39. The Bertz CT molecular complexity index is 600. The first-order valence-electron chi connectivity index (χ1n) is 7.52. The summed E-state index contributed by atoms with van der Waals surface area (Å²) in [4.78, 5) is 0.380. The van der Waals surface area contributed by atoms with Crippen molar-refractivity contribution < 1.29 is 4.74 Å². The number of hydrogen-bond acceptors (Lipinski definition) is 2. The van der Waals surface area contributed by atoms with E-state index in [2.05, 4.69) is 36.7 Å². The van der Waals surface area contributed by atoms with Gasteiger partial charge in [0.25, 0.3) is 0 Å². The zero-order valence-corrected chi connectivity index (χ0v) is 15.2. The Labute approximate surface area is 140 Å². The molecule has 1 aromatic carbocycles. The number of hydrogen-bond donors (Lipinski definition) is 1. The highest BCUT2D eigenvalue weighted by atomic mass is 79.9. The first-order chi connectivity index (χ1) is 9.77. The van der Waals surface area contributed by atoms with Crippen molar-refractivity contribution in [1.29, 1.82) is 0 Å². The van der Waals surface area contributed by atoms with Gasteiger partial charge >= 0.3 is 0 Å². The van der Waals surface area contributed by atoms with Crippen molar-refractivity contribution in [1.82, 2.24) is 0 Å². The fourth-order valence-electron chi connectivity index (χ4n) is 4.30. The molecular weight excluding hydrogens is 346 g/mol. The molecule has 0 amide bonds. The smallest absolute Gasteiger partial charge is 0.131 e. The average molecular weight is 368 g/mol. The van der Waals surface area contributed by atoms with E-state index in [9.17, 15) is 0 Å². The van der Waals surface area contributed by atoms with Crippen molar-refractivity contribution in [3.63, 3.8) is 0 Å². The third-order valence-electron chi connectivity index (χ3n) is 6.20. The zero-order chi connectivity index (χ0) is 15.4. The lowest BCUT2D eigenvalue weighted by Crippen LogP contribution is -2.39. The SMILES string of the molecule is CC1(C)C2CCC1(C)C(Oc1cccc(Br)c1C(N)=S)C2. The van der Waals surface area contributed by atoms with Crippen molar-refractivity contribution in [2.75, 3.05) is 0 Å². The fraction of sp³-hybridized carbons (Fsp3) is 0.588. The van der Waals surface area contributed by atoms with Gasteiger partial charge in [0.15, 0.2) is 0 Å². The molecule has 2 aliphatic carbocycles. The second-order valence-electron chi connectivity index (χ2n) is 7.19. The zero-order valence-electron chi connectivity index (χ0n) is 12.8. The van der Waals surface area contributed by atoms with E-state index in [0.717, 1.165) is 28.1 Å². The van der Waals surface area contributed by atoms with Gasteiger partial charge in [-0.3, -0.25) is 0 Å². The van der Waals surface area contributed by atoms with Crippen LogP contribution < -0.4 is 10.5 Å². The Morgan fingerprint density at radius 3 is 2.62 bits per heavy atom. The summed E-state index contributed by atoms with van der Waals surface area (Å²) in [6.07, 6.45) is 3.94. The highest BCUT2D eigenvalue weighted by Gasteiger charge is 2.62. The first kappa shape index (κ1) is 15.3. The van der Waals surface area contributed by atoms with Gasteiger partial charge in [-0.1, -0.05) is 39.1 Å². The predicted molar refractivity (Wildman–Crippen MR) is 93.7 cm³/mol. The molecule has 1 aromatic rings. The Balaban J connectivity index is 1.93. The minimum absolute atomic E-state index is 0.230. The Hall–Kier alpha value is -0.610. The lowest BCUT2D eigenvalue weighted by molar-refractivity contribution is 0.0300. The summed E-state index contributed by atoms with van der Waals surface area (Å²) in [6, 6.07) is 5.90. The number of benzene rings is 1. The van der Waals surface area contributed by atoms with E-state index in [0.29, 0.717) is 10.4 Å². The normalized spacial score (nSPS) is 33.1. The summed E-state index contributed by atoms with van der Waals surface area (Å²) >= 11 is 8.71. The molecule has 2 N–H and O–H groups in total. The molecule has 0 saturated heterocycles. The monoisotopic (exact) mass is 367 g/mol. The molecule has 0 heterocycles. The third kappa shape index (κ3) is 2.14. The van der Waals surface area contributed by atoms with E-state index in [1.54, 1.807) is 0 Å². The number of rotatable bonds is 3. The second-order valence-corrected chi connectivity index (χ2v) is 8.49. The summed E-state index contributed by atoms with van der Waals surface area (Å²) in [5.41, 5.74) is 7.26. The molecule has 0 aromatic heterocycles. The maximum absolute atomic E-state index is 6.42. The van der Waals surface area contributed by atoms with E-state index in [4.69, 9.17) is 22.7 Å². The van der Waals surface area contributed by atoms with Crippen molar-refractivity contribution in [2.24, 2.45) is 22.5 Å². The number of fused-ring (bicyclic) bond motifs is 2. The van der Waals surface area contributed by atoms with Gasteiger partial charge in [0.1, 0.15) is 16.8 Å². The van der Waals surface area contributed by atoms with Crippen molar-refractivity contribution >= 4 is 33.1 Å².